The van der Waals surface area contributed by atoms with E-state index in [4.69, 9.17) is 0 Å². The summed E-state index contributed by atoms with van der Waals surface area (Å²) in [6.45, 7) is 0. The van der Waals surface area contributed by atoms with Crippen molar-refractivity contribution >= 4 is 31.6 Å². The molecule has 2 rings (SSSR count). The average molecular weight is 215 g/mol. The van der Waals surface area contributed by atoms with E-state index in [0.717, 1.165) is 0 Å². The van der Waals surface area contributed by atoms with Gasteiger partial charge in [0.05, 0.1) is 5.52 Å². The second-order valence-corrected chi connectivity index (χ2v) is 3.37. The van der Waals surface area contributed by atoms with Gasteiger partial charge in [-0.1, -0.05) is 0 Å². The third-order valence-corrected chi connectivity index (χ3v) is 2.38. The van der Waals surface area contributed by atoms with Crippen LogP contribution < -0.4 is 4.43 Å². The zero-order chi connectivity index (χ0) is 10.5. The summed E-state index contributed by atoms with van der Waals surface area (Å²) in [5, 5.41) is -0.286. The number of hydrogen-bond acceptors (Lipinski definition) is 0. The van der Waals surface area contributed by atoms with E-state index in [2.05, 4.69) is 21.3 Å². The Kier molecular flexibility index (Phi) is 2.05. The Balaban J connectivity index is 3.05. The molecular weight excluding hydrogens is 213 g/mol. The van der Waals surface area contributed by atoms with Crippen LogP contribution in [0.4, 0.5) is 17.6 Å². The average Bonchev–Trinajstić information content (AvgIpc) is 2.54. The van der Waals surface area contributed by atoms with Crippen molar-refractivity contribution in [3.05, 3.63) is 29.5 Å². The van der Waals surface area contributed by atoms with Crippen LogP contribution in [-0.4, -0.2) is 21.3 Å². The van der Waals surface area contributed by atoms with Gasteiger partial charge in [0.1, 0.15) is 0 Å². The van der Waals surface area contributed by atoms with Gasteiger partial charge < -0.3 is 4.98 Å². The minimum absolute atomic E-state index is 0.246. The molecule has 0 atom stereocenters. The quantitative estimate of drug-likeness (QED) is 0.297. The Morgan fingerprint density at radius 3 is 2.14 bits per heavy atom. The maximum absolute atomic E-state index is 13.1. The lowest BCUT2D eigenvalue weighted by atomic mass is 10.2. The molecule has 70 valence electrons. The molecule has 1 aromatic carbocycles. The number of aromatic amines is 1. The highest BCUT2D eigenvalue weighted by Crippen LogP contribution is 2.23. The number of aromatic nitrogens is 1. The van der Waals surface area contributed by atoms with Gasteiger partial charge in [0.15, 0.2) is 39.6 Å². The Hall–Kier alpha value is -0.988. The Bertz CT molecular complexity index is 520. The molecule has 0 amide bonds. The van der Waals surface area contributed by atoms with Gasteiger partial charge in [0.2, 0.25) is 0 Å². The van der Waals surface area contributed by atoms with Crippen LogP contribution in [0.3, 0.4) is 0 Å². The van der Waals surface area contributed by atoms with Gasteiger partial charge in [0.25, 0.3) is 0 Å². The molecule has 2 aromatic rings. The highest BCUT2D eigenvalue weighted by molar-refractivity contribution is 6.38. The second kappa shape index (κ2) is 3.01. The summed E-state index contributed by atoms with van der Waals surface area (Å²) in [5.74, 6) is -6.39. The fourth-order valence-corrected chi connectivity index (χ4v) is 1.61. The molecule has 1 N–H and O–H groups in total. The van der Waals surface area contributed by atoms with Crippen LogP contribution in [-0.2, 0) is 0 Å². The van der Waals surface area contributed by atoms with Crippen LogP contribution in [0.1, 0.15) is 0 Å². The predicted molar refractivity (Wildman–Crippen MR) is 43.5 cm³/mol. The maximum Gasteiger partial charge on any atom is 0.199 e. The van der Waals surface area contributed by atoms with E-state index in [9.17, 15) is 17.6 Å². The standard InChI is InChI=1S/C8H2F4N.Al/c9-4-3-1-2-13-8(3)7(12)6(11)5(4)10;/h2,13H;. The molecule has 1 nitrogen and oxygen atoms in total. The van der Waals surface area contributed by atoms with E-state index in [1.165, 1.54) is 6.20 Å². The number of hydrogen-bond donors (Lipinski definition) is 1. The molecule has 0 bridgehead atoms. The van der Waals surface area contributed by atoms with Crippen molar-refractivity contribution in [2.75, 3.05) is 0 Å². The molecule has 0 aliphatic heterocycles. The largest absolute Gasteiger partial charge is 0.360 e. The van der Waals surface area contributed by atoms with Crippen LogP contribution in [0.25, 0.3) is 10.9 Å². The van der Waals surface area contributed by atoms with Gasteiger partial charge in [-0.2, -0.15) is 0 Å². The van der Waals surface area contributed by atoms with Gasteiger partial charge >= 0.3 is 0 Å². The molecular formula is C8H2AlF4N. The zero-order valence-electron chi connectivity index (χ0n) is 6.67. The van der Waals surface area contributed by atoms with E-state index >= 15 is 0 Å². The van der Waals surface area contributed by atoms with E-state index < -0.39 is 23.3 Å². The highest BCUT2D eigenvalue weighted by atomic mass is 27.0. The molecule has 0 aliphatic carbocycles. The van der Waals surface area contributed by atoms with E-state index in [1.807, 2.05) is 0 Å². The van der Waals surface area contributed by atoms with Crippen LogP contribution in [0.2, 0.25) is 0 Å². The summed E-state index contributed by atoms with van der Waals surface area (Å²) in [7, 11) is 0. The van der Waals surface area contributed by atoms with Crippen molar-refractivity contribution in [2.24, 2.45) is 0 Å². The smallest absolute Gasteiger partial charge is 0.199 e. The summed E-state index contributed by atoms with van der Waals surface area (Å²) in [5.41, 5.74) is -0.369. The molecule has 0 aliphatic rings. The summed E-state index contributed by atoms with van der Waals surface area (Å²) in [4.78, 5) is 2.32. The Morgan fingerprint density at radius 2 is 1.50 bits per heavy atom. The SMILES string of the molecule is Fc1c(F)c(F)c2[c]([Al])c[nH]c2c1F. The van der Waals surface area contributed by atoms with Gasteiger partial charge in [-0.25, -0.2) is 17.6 Å². The van der Waals surface area contributed by atoms with Crippen LogP contribution >= 0.6 is 0 Å². The van der Waals surface area contributed by atoms with Gasteiger partial charge in [-0.05, 0) is 6.20 Å². The summed E-state index contributed by atoms with van der Waals surface area (Å²) in [6, 6.07) is 0. The number of benzene rings is 1. The lowest BCUT2D eigenvalue weighted by Gasteiger charge is -2.00. The van der Waals surface area contributed by atoms with Crippen molar-refractivity contribution < 1.29 is 17.6 Å². The van der Waals surface area contributed by atoms with Crippen molar-refractivity contribution in [3.8, 4) is 0 Å². The molecule has 6 heteroatoms. The van der Waals surface area contributed by atoms with Crippen LogP contribution in [0.15, 0.2) is 6.20 Å². The number of nitrogens with one attached hydrogen (secondary N) is 1. The van der Waals surface area contributed by atoms with Crippen LogP contribution in [0.5, 0.6) is 0 Å². The van der Waals surface area contributed by atoms with Gasteiger partial charge in [0, 0.05) is 5.39 Å². The van der Waals surface area contributed by atoms with Crippen LogP contribution in [0, 0.1) is 23.3 Å². The molecule has 0 unspecified atom stereocenters. The molecule has 0 saturated heterocycles. The van der Waals surface area contributed by atoms with Gasteiger partial charge in [-0.15, -0.1) is 4.43 Å². The number of rotatable bonds is 0. The lowest BCUT2D eigenvalue weighted by Crippen LogP contribution is -2.04. The van der Waals surface area contributed by atoms with E-state index in [1.54, 1.807) is 0 Å². The van der Waals surface area contributed by atoms with Crippen molar-refractivity contribution in [2.45, 2.75) is 0 Å². The fourth-order valence-electron chi connectivity index (χ4n) is 1.26. The number of fused-ring (bicyclic) bond motifs is 1. The first-order valence-electron chi connectivity index (χ1n) is 3.62. The number of H-pyrrole nitrogens is 1. The second-order valence-electron chi connectivity index (χ2n) is 2.75. The lowest BCUT2D eigenvalue weighted by molar-refractivity contribution is 0.417. The maximum atomic E-state index is 13.1. The van der Waals surface area contributed by atoms with Gasteiger partial charge in [-0.3, -0.25) is 0 Å². The summed E-state index contributed by atoms with van der Waals surface area (Å²) < 4.78 is 51.9. The van der Waals surface area contributed by atoms with E-state index in [-0.39, 0.29) is 15.3 Å². The molecule has 0 spiro atoms. The minimum atomic E-state index is -1.80. The predicted octanol–water partition coefficient (Wildman–Crippen LogP) is 1.52. The number of halogens is 4. The minimum Gasteiger partial charge on any atom is -0.360 e. The zero-order valence-corrected chi connectivity index (χ0v) is 7.82. The van der Waals surface area contributed by atoms with Crippen molar-refractivity contribution in [1.29, 1.82) is 0 Å². The molecule has 0 saturated carbocycles. The third-order valence-electron chi connectivity index (χ3n) is 1.93. The summed E-state index contributed by atoms with van der Waals surface area (Å²) in [6.07, 6.45) is 1.25. The monoisotopic (exact) mass is 215 g/mol. The summed E-state index contributed by atoms with van der Waals surface area (Å²) >= 11 is 2.10. The molecule has 1 heterocycles. The van der Waals surface area contributed by atoms with E-state index in [0.29, 0.717) is 0 Å². The van der Waals surface area contributed by atoms with Crippen molar-refractivity contribution in [1.82, 2.24) is 4.98 Å². The first kappa shape index (κ1) is 9.56. The fraction of sp³-hybridized carbons (Fsp3) is 0. The first-order valence-corrected chi connectivity index (χ1v) is 4.20. The van der Waals surface area contributed by atoms with Crippen molar-refractivity contribution in [3.63, 3.8) is 0 Å². The normalized spacial score (nSPS) is 11.1. The first-order chi connectivity index (χ1) is 6.54. The Labute approximate surface area is 84.1 Å². The highest BCUT2D eigenvalue weighted by Gasteiger charge is 2.21. The molecule has 14 heavy (non-hydrogen) atoms. The molecule has 0 fully saturated rings. The molecule has 1 aromatic heterocycles. The molecule has 2 radical (unpaired) electrons. The Morgan fingerprint density at radius 1 is 0.929 bits per heavy atom. The topological polar surface area (TPSA) is 15.8 Å². The third kappa shape index (κ3) is 1.08.